The van der Waals surface area contributed by atoms with Gasteiger partial charge in [0.1, 0.15) is 6.04 Å². The van der Waals surface area contributed by atoms with Crippen molar-refractivity contribution in [1.29, 1.82) is 0 Å². The van der Waals surface area contributed by atoms with Crippen molar-refractivity contribution in [2.45, 2.75) is 39.3 Å². The summed E-state index contributed by atoms with van der Waals surface area (Å²) in [5.41, 5.74) is 0. The van der Waals surface area contributed by atoms with E-state index in [9.17, 15) is 9.59 Å². The third-order valence-corrected chi connectivity index (χ3v) is 1.56. The predicted octanol–water partition coefficient (Wildman–Crippen LogP) is -0.149. The summed E-state index contributed by atoms with van der Waals surface area (Å²) in [4.78, 5) is 21.7. The largest absolute Gasteiger partial charge is 0.391 e. The van der Waals surface area contributed by atoms with E-state index in [0.717, 1.165) is 0 Å². The second-order valence-electron chi connectivity index (χ2n) is 2.75. The first-order valence-electron chi connectivity index (χ1n) is 3.97. The smallest absolute Gasteiger partial charge is 0.220 e. The lowest BCUT2D eigenvalue weighted by atomic mass is 10.1. The standard InChI is InChI=1S/C8H15NO3/c1-4-7(12)9-8(5(2)10)6(3)11/h5,8,10H,4H2,1-3H3,(H,9,12)/t5-,8-/m1/s1. The molecule has 0 radical (unpaired) electrons. The van der Waals surface area contributed by atoms with Crippen molar-refractivity contribution in [2.24, 2.45) is 0 Å². The molecule has 2 N–H and O–H groups in total. The van der Waals surface area contributed by atoms with Gasteiger partial charge in [-0.1, -0.05) is 6.92 Å². The van der Waals surface area contributed by atoms with Gasteiger partial charge in [-0.3, -0.25) is 9.59 Å². The van der Waals surface area contributed by atoms with Crippen LogP contribution in [0, 0.1) is 0 Å². The molecular weight excluding hydrogens is 158 g/mol. The number of Topliss-reactive ketones (excluding diaryl/α,β-unsaturated/α-hetero) is 1. The molecule has 1 amide bonds. The van der Waals surface area contributed by atoms with E-state index in [-0.39, 0.29) is 11.7 Å². The van der Waals surface area contributed by atoms with E-state index in [1.165, 1.54) is 13.8 Å². The maximum atomic E-state index is 10.9. The number of hydrogen-bond acceptors (Lipinski definition) is 3. The van der Waals surface area contributed by atoms with Crippen molar-refractivity contribution < 1.29 is 14.7 Å². The zero-order valence-corrected chi connectivity index (χ0v) is 7.63. The summed E-state index contributed by atoms with van der Waals surface area (Å²) in [5.74, 6) is -0.456. The van der Waals surface area contributed by atoms with E-state index >= 15 is 0 Å². The average molecular weight is 173 g/mol. The van der Waals surface area contributed by atoms with Crippen LogP contribution in [-0.2, 0) is 9.59 Å². The van der Waals surface area contributed by atoms with Gasteiger partial charge in [0, 0.05) is 6.42 Å². The molecule has 0 aromatic carbocycles. The molecule has 0 saturated carbocycles. The minimum absolute atomic E-state index is 0.226. The van der Waals surface area contributed by atoms with Crippen molar-refractivity contribution in [1.82, 2.24) is 5.32 Å². The molecule has 2 atom stereocenters. The third-order valence-electron chi connectivity index (χ3n) is 1.56. The van der Waals surface area contributed by atoms with E-state index in [1.54, 1.807) is 6.92 Å². The summed E-state index contributed by atoms with van der Waals surface area (Å²) in [6.45, 7) is 4.50. The van der Waals surface area contributed by atoms with Crippen LogP contribution in [0.25, 0.3) is 0 Å². The Balaban J connectivity index is 4.14. The van der Waals surface area contributed by atoms with E-state index in [0.29, 0.717) is 6.42 Å². The Morgan fingerprint density at radius 1 is 1.50 bits per heavy atom. The van der Waals surface area contributed by atoms with Gasteiger partial charge in [-0.25, -0.2) is 0 Å². The fraction of sp³-hybridized carbons (Fsp3) is 0.750. The highest BCUT2D eigenvalue weighted by Crippen LogP contribution is 1.94. The van der Waals surface area contributed by atoms with Gasteiger partial charge in [0.2, 0.25) is 5.91 Å². The molecule has 0 aliphatic rings. The van der Waals surface area contributed by atoms with E-state index in [4.69, 9.17) is 5.11 Å². The second kappa shape index (κ2) is 4.87. The number of rotatable bonds is 4. The first kappa shape index (κ1) is 11.1. The molecule has 0 rings (SSSR count). The topological polar surface area (TPSA) is 66.4 Å². The van der Waals surface area contributed by atoms with Crippen LogP contribution in [0.4, 0.5) is 0 Å². The lowest BCUT2D eigenvalue weighted by molar-refractivity contribution is -0.128. The van der Waals surface area contributed by atoms with Crippen LogP contribution in [0.1, 0.15) is 27.2 Å². The Labute approximate surface area is 72.0 Å². The highest BCUT2D eigenvalue weighted by atomic mass is 16.3. The van der Waals surface area contributed by atoms with Gasteiger partial charge in [-0.15, -0.1) is 0 Å². The number of hydrogen-bond donors (Lipinski definition) is 2. The fourth-order valence-corrected chi connectivity index (χ4v) is 0.837. The molecule has 12 heavy (non-hydrogen) atoms. The van der Waals surface area contributed by atoms with Gasteiger partial charge in [-0.05, 0) is 13.8 Å². The quantitative estimate of drug-likeness (QED) is 0.621. The number of nitrogens with one attached hydrogen (secondary N) is 1. The van der Waals surface area contributed by atoms with Gasteiger partial charge >= 0.3 is 0 Å². The van der Waals surface area contributed by atoms with Crippen LogP contribution >= 0.6 is 0 Å². The average Bonchev–Trinajstić information content (AvgIpc) is 1.98. The summed E-state index contributed by atoms with van der Waals surface area (Å²) >= 11 is 0. The van der Waals surface area contributed by atoms with Crippen LogP contribution in [0.3, 0.4) is 0 Å². The number of carbonyl (C=O) groups excluding carboxylic acids is 2. The van der Waals surface area contributed by atoms with Crippen molar-refractivity contribution >= 4 is 11.7 Å². The number of carbonyl (C=O) groups is 2. The van der Waals surface area contributed by atoms with E-state index < -0.39 is 12.1 Å². The first-order valence-corrected chi connectivity index (χ1v) is 3.97. The van der Waals surface area contributed by atoms with Crippen LogP contribution in [0.15, 0.2) is 0 Å². The monoisotopic (exact) mass is 173 g/mol. The minimum atomic E-state index is -0.835. The van der Waals surface area contributed by atoms with Crippen molar-refractivity contribution in [2.75, 3.05) is 0 Å². The minimum Gasteiger partial charge on any atom is -0.391 e. The maximum Gasteiger partial charge on any atom is 0.220 e. The molecule has 70 valence electrons. The number of amides is 1. The molecule has 0 aromatic heterocycles. The highest BCUT2D eigenvalue weighted by Gasteiger charge is 2.20. The molecule has 0 aromatic rings. The second-order valence-corrected chi connectivity index (χ2v) is 2.75. The molecular formula is C8H15NO3. The summed E-state index contributed by atoms with van der Waals surface area (Å²) in [5, 5.41) is 11.5. The lowest BCUT2D eigenvalue weighted by Gasteiger charge is -2.17. The van der Waals surface area contributed by atoms with Crippen molar-refractivity contribution in [3.8, 4) is 0 Å². The molecule has 0 heterocycles. The molecule has 0 aliphatic carbocycles. The molecule has 0 fully saturated rings. The van der Waals surface area contributed by atoms with E-state index in [2.05, 4.69) is 5.32 Å². The molecule has 4 nitrogen and oxygen atoms in total. The Morgan fingerprint density at radius 3 is 2.25 bits per heavy atom. The van der Waals surface area contributed by atoms with Gasteiger partial charge in [-0.2, -0.15) is 0 Å². The van der Waals surface area contributed by atoms with Crippen LogP contribution in [-0.4, -0.2) is 28.9 Å². The third kappa shape index (κ3) is 3.48. The number of aliphatic hydroxyl groups is 1. The lowest BCUT2D eigenvalue weighted by Crippen LogP contribution is -2.46. The maximum absolute atomic E-state index is 10.9. The Kier molecular flexibility index (Phi) is 4.51. The molecule has 0 aliphatic heterocycles. The summed E-state index contributed by atoms with van der Waals surface area (Å²) < 4.78 is 0. The molecule has 0 spiro atoms. The van der Waals surface area contributed by atoms with E-state index in [1.807, 2.05) is 0 Å². The molecule has 4 heteroatoms. The number of ketones is 1. The normalized spacial score (nSPS) is 15.0. The summed E-state index contributed by atoms with van der Waals surface area (Å²) in [6, 6.07) is -0.766. The SMILES string of the molecule is CCC(=O)N[C@@H](C(C)=O)[C@@H](C)O. The molecule has 0 bridgehead atoms. The Hall–Kier alpha value is -0.900. The van der Waals surface area contributed by atoms with Crippen LogP contribution < -0.4 is 5.32 Å². The van der Waals surface area contributed by atoms with Gasteiger partial charge in [0.15, 0.2) is 5.78 Å². The molecule has 0 unspecified atom stereocenters. The first-order chi connectivity index (χ1) is 5.49. The van der Waals surface area contributed by atoms with Crippen LogP contribution in [0.5, 0.6) is 0 Å². The predicted molar refractivity (Wildman–Crippen MR) is 44.6 cm³/mol. The molecule has 0 saturated heterocycles. The number of aliphatic hydroxyl groups excluding tert-OH is 1. The Morgan fingerprint density at radius 2 is 2.00 bits per heavy atom. The van der Waals surface area contributed by atoms with Crippen LogP contribution in [0.2, 0.25) is 0 Å². The summed E-state index contributed by atoms with van der Waals surface area (Å²) in [6.07, 6.45) is -0.519. The van der Waals surface area contributed by atoms with Gasteiger partial charge in [0.25, 0.3) is 0 Å². The van der Waals surface area contributed by atoms with Crippen molar-refractivity contribution in [3.05, 3.63) is 0 Å². The Bertz CT molecular complexity index is 177. The zero-order chi connectivity index (χ0) is 9.72. The highest BCUT2D eigenvalue weighted by molar-refractivity contribution is 5.87. The summed E-state index contributed by atoms with van der Waals surface area (Å²) in [7, 11) is 0. The van der Waals surface area contributed by atoms with Crippen molar-refractivity contribution in [3.63, 3.8) is 0 Å². The van der Waals surface area contributed by atoms with Gasteiger partial charge < -0.3 is 10.4 Å². The zero-order valence-electron chi connectivity index (χ0n) is 7.63. The fourth-order valence-electron chi connectivity index (χ4n) is 0.837. The van der Waals surface area contributed by atoms with Gasteiger partial charge in [0.05, 0.1) is 6.10 Å².